The number of fused-ring (bicyclic) bond motifs is 2. The number of piperidine rings is 1. The first-order chi connectivity index (χ1) is 7.30. The molecule has 2 aliphatic heterocycles. The van der Waals surface area contributed by atoms with Gasteiger partial charge in [-0.15, -0.1) is 23.7 Å². The Morgan fingerprint density at radius 1 is 1.44 bits per heavy atom. The van der Waals surface area contributed by atoms with Crippen LogP contribution in [0.1, 0.15) is 30.2 Å². The maximum absolute atomic E-state index is 6.27. The van der Waals surface area contributed by atoms with Gasteiger partial charge in [0.05, 0.1) is 6.10 Å². The summed E-state index contributed by atoms with van der Waals surface area (Å²) in [4.78, 5) is 1.50. The molecule has 3 rings (SSSR count). The van der Waals surface area contributed by atoms with Gasteiger partial charge in [0, 0.05) is 4.88 Å². The van der Waals surface area contributed by atoms with E-state index in [1.165, 1.54) is 10.4 Å². The van der Waals surface area contributed by atoms with Crippen molar-refractivity contribution in [2.45, 2.75) is 37.9 Å². The van der Waals surface area contributed by atoms with E-state index in [0.29, 0.717) is 6.10 Å². The van der Waals surface area contributed by atoms with Gasteiger partial charge in [-0.2, -0.15) is 0 Å². The molecule has 1 aromatic rings. The van der Waals surface area contributed by atoms with Crippen molar-refractivity contribution in [3.63, 3.8) is 0 Å². The van der Waals surface area contributed by atoms with Gasteiger partial charge in [0.25, 0.3) is 0 Å². The zero-order valence-electron chi connectivity index (χ0n) is 9.49. The van der Waals surface area contributed by atoms with E-state index in [4.69, 9.17) is 4.74 Å². The van der Waals surface area contributed by atoms with Gasteiger partial charge < -0.3 is 10.1 Å². The predicted molar refractivity (Wildman–Crippen MR) is 69.6 cm³/mol. The van der Waals surface area contributed by atoms with Crippen LogP contribution in [0.15, 0.2) is 11.4 Å². The minimum atomic E-state index is 0. The largest absolute Gasteiger partial charge is 0.366 e. The highest BCUT2D eigenvalue weighted by atomic mass is 35.5. The lowest BCUT2D eigenvalue weighted by Gasteiger charge is -2.43. The fraction of sp³-hybridized carbons (Fsp3) is 0.667. The molecule has 1 fully saturated rings. The summed E-state index contributed by atoms with van der Waals surface area (Å²) in [6, 6.07) is 2.28. The molecule has 0 aromatic carbocycles. The molecule has 0 aliphatic carbocycles. The molecule has 90 valence electrons. The maximum atomic E-state index is 6.27. The minimum Gasteiger partial charge on any atom is -0.366 e. The van der Waals surface area contributed by atoms with Crippen LogP contribution in [0, 0.1) is 0 Å². The van der Waals surface area contributed by atoms with Crippen LogP contribution in [0.3, 0.4) is 0 Å². The molecule has 1 aromatic heterocycles. The minimum absolute atomic E-state index is 0. The van der Waals surface area contributed by atoms with Crippen molar-refractivity contribution in [3.8, 4) is 0 Å². The lowest BCUT2D eigenvalue weighted by atomic mass is 9.85. The van der Waals surface area contributed by atoms with E-state index in [-0.39, 0.29) is 18.0 Å². The summed E-state index contributed by atoms with van der Waals surface area (Å²) in [5.41, 5.74) is 1.58. The Balaban J connectivity index is 0.000000963. The monoisotopic (exact) mass is 259 g/mol. The van der Waals surface area contributed by atoms with Crippen molar-refractivity contribution in [2.24, 2.45) is 0 Å². The normalized spacial score (nSPS) is 27.2. The van der Waals surface area contributed by atoms with Crippen molar-refractivity contribution < 1.29 is 4.74 Å². The average molecular weight is 260 g/mol. The second-order valence-corrected chi connectivity index (χ2v) is 5.57. The van der Waals surface area contributed by atoms with Gasteiger partial charge >= 0.3 is 0 Å². The second kappa shape index (κ2) is 4.65. The number of hydrogen-bond acceptors (Lipinski definition) is 3. The van der Waals surface area contributed by atoms with Gasteiger partial charge in [-0.05, 0) is 56.3 Å². The third-order valence-electron chi connectivity index (χ3n) is 3.51. The summed E-state index contributed by atoms with van der Waals surface area (Å²) < 4.78 is 6.27. The lowest BCUT2D eigenvalue weighted by molar-refractivity contribution is -0.117. The standard InChI is InChI=1S/C12H17NOS.ClH/c1-9-8-10-2-7-15-11(10)12(14-9)3-5-13-6-4-12;/h2,7,9,13H,3-6,8H2,1H3;1H/t9-;/m0./s1. The molecular weight excluding hydrogens is 242 g/mol. The smallest absolute Gasteiger partial charge is 0.105 e. The molecule has 2 nitrogen and oxygen atoms in total. The second-order valence-electron chi connectivity index (χ2n) is 4.65. The maximum Gasteiger partial charge on any atom is 0.105 e. The van der Waals surface area contributed by atoms with Crippen LogP contribution >= 0.6 is 23.7 Å². The summed E-state index contributed by atoms with van der Waals surface area (Å²) >= 11 is 1.88. The van der Waals surface area contributed by atoms with Crippen molar-refractivity contribution in [3.05, 3.63) is 21.9 Å². The van der Waals surface area contributed by atoms with Gasteiger partial charge in [0.15, 0.2) is 0 Å². The van der Waals surface area contributed by atoms with E-state index in [0.717, 1.165) is 32.4 Å². The summed E-state index contributed by atoms with van der Waals surface area (Å²) in [6.07, 6.45) is 3.73. The third kappa shape index (κ3) is 1.90. The summed E-state index contributed by atoms with van der Waals surface area (Å²) in [5, 5.41) is 5.64. The van der Waals surface area contributed by atoms with Crippen LogP contribution in [0.25, 0.3) is 0 Å². The number of hydrogen-bond donors (Lipinski definition) is 1. The number of ether oxygens (including phenoxy) is 1. The Bertz CT molecular complexity index is 360. The van der Waals surface area contributed by atoms with E-state index in [1.54, 1.807) is 0 Å². The Morgan fingerprint density at radius 2 is 2.19 bits per heavy atom. The molecule has 0 radical (unpaired) electrons. The zero-order chi connectivity index (χ0) is 10.3. The molecule has 2 aliphatic rings. The van der Waals surface area contributed by atoms with Gasteiger partial charge in [0.2, 0.25) is 0 Å². The van der Waals surface area contributed by atoms with Crippen molar-refractivity contribution in [2.75, 3.05) is 13.1 Å². The topological polar surface area (TPSA) is 21.3 Å². The first-order valence-electron chi connectivity index (χ1n) is 5.76. The molecule has 4 heteroatoms. The lowest BCUT2D eigenvalue weighted by Crippen LogP contribution is -2.46. The van der Waals surface area contributed by atoms with Gasteiger partial charge in [-0.25, -0.2) is 0 Å². The highest BCUT2D eigenvalue weighted by Crippen LogP contribution is 2.44. The number of rotatable bonds is 0. The Labute approximate surface area is 107 Å². The van der Waals surface area contributed by atoms with Crippen LogP contribution < -0.4 is 5.32 Å². The van der Waals surface area contributed by atoms with E-state index in [9.17, 15) is 0 Å². The molecule has 1 N–H and O–H groups in total. The molecule has 16 heavy (non-hydrogen) atoms. The fourth-order valence-electron chi connectivity index (χ4n) is 2.86. The van der Waals surface area contributed by atoms with Crippen LogP contribution in [-0.4, -0.2) is 19.2 Å². The van der Waals surface area contributed by atoms with Crippen LogP contribution in [-0.2, 0) is 16.8 Å². The summed E-state index contributed by atoms with van der Waals surface area (Å²) in [6.45, 7) is 4.37. The molecule has 1 spiro atoms. The van der Waals surface area contributed by atoms with E-state index in [1.807, 2.05) is 11.3 Å². The molecule has 1 saturated heterocycles. The van der Waals surface area contributed by atoms with Crippen molar-refractivity contribution in [1.29, 1.82) is 0 Å². The SMILES string of the molecule is C[C@H]1Cc2ccsc2C2(CCNCC2)O1.Cl. The van der Waals surface area contributed by atoms with E-state index >= 15 is 0 Å². The summed E-state index contributed by atoms with van der Waals surface area (Å²) in [5.74, 6) is 0. The van der Waals surface area contributed by atoms with Crippen molar-refractivity contribution >= 4 is 23.7 Å². The zero-order valence-corrected chi connectivity index (χ0v) is 11.1. The quantitative estimate of drug-likeness (QED) is 0.774. The van der Waals surface area contributed by atoms with E-state index < -0.39 is 0 Å². The molecule has 0 saturated carbocycles. The van der Waals surface area contributed by atoms with Crippen LogP contribution in [0.5, 0.6) is 0 Å². The van der Waals surface area contributed by atoms with Gasteiger partial charge in [-0.3, -0.25) is 0 Å². The fourth-order valence-corrected chi connectivity index (χ4v) is 4.00. The Kier molecular flexibility index (Phi) is 3.59. The Morgan fingerprint density at radius 3 is 2.94 bits per heavy atom. The summed E-state index contributed by atoms with van der Waals surface area (Å²) in [7, 11) is 0. The molecule has 0 bridgehead atoms. The number of thiophene rings is 1. The van der Waals surface area contributed by atoms with Gasteiger partial charge in [-0.1, -0.05) is 0 Å². The van der Waals surface area contributed by atoms with Crippen LogP contribution in [0.2, 0.25) is 0 Å². The molecular formula is C12H18ClNOS. The molecule has 0 amide bonds. The molecule has 1 atom stereocenters. The first kappa shape index (κ1) is 12.4. The number of nitrogens with one attached hydrogen (secondary N) is 1. The number of halogens is 1. The van der Waals surface area contributed by atoms with Gasteiger partial charge in [0.1, 0.15) is 5.60 Å². The highest BCUT2D eigenvalue weighted by molar-refractivity contribution is 7.10. The van der Waals surface area contributed by atoms with Crippen LogP contribution in [0.4, 0.5) is 0 Å². The third-order valence-corrected chi connectivity index (χ3v) is 4.65. The van der Waals surface area contributed by atoms with Crippen molar-refractivity contribution in [1.82, 2.24) is 5.32 Å². The Hall–Kier alpha value is -0.0900. The predicted octanol–water partition coefficient (Wildman–Crippen LogP) is 2.71. The first-order valence-corrected chi connectivity index (χ1v) is 6.63. The molecule has 3 heterocycles. The van der Waals surface area contributed by atoms with E-state index in [2.05, 4.69) is 23.7 Å². The average Bonchev–Trinajstić information content (AvgIpc) is 2.67. The molecule has 0 unspecified atom stereocenters. The highest BCUT2D eigenvalue weighted by Gasteiger charge is 2.41.